The van der Waals surface area contributed by atoms with Gasteiger partial charge in [-0.15, -0.1) is 11.3 Å². The van der Waals surface area contributed by atoms with Crippen molar-refractivity contribution in [2.45, 2.75) is 5.54 Å². The van der Waals surface area contributed by atoms with Crippen LogP contribution in [0.2, 0.25) is 0 Å². The van der Waals surface area contributed by atoms with Crippen molar-refractivity contribution in [3.05, 3.63) is 58.3 Å². The SMILES string of the molecule is O=C(NC1=N[C@@]2(c3cccs3)CNC[C@H]2CS1)c1ccccc1. The first kappa shape index (κ1) is 14.9. The molecule has 2 atom stereocenters. The second kappa shape index (κ2) is 6.11. The summed E-state index contributed by atoms with van der Waals surface area (Å²) in [6, 6.07) is 13.5. The molecule has 6 heteroatoms. The van der Waals surface area contributed by atoms with E-state index >= 15 is 0 Å². The Labute approximate surface area is 143 Å². The smallest absolute Gasteiger partial charge is 0.257 e. The van der Waals surface area contributed by atoms with Crippen LogP contribution in [0.15, 0.2) is 52.8 Å². The topological polar surface area (TPSA) is 53.5 Å². The molecule has 118 valence electrons. The molecule has 2 N–H and O–H groups in total. The van der Waals surface area contributed by atoms with Gasteiger partial charge in [-0.2, -0.15) is 0 Å². The summed E-state index contributed by atoms with van der Waals surface area (Å²) in [5.74, 6) is 1.35. The molecule has 2 aliphatic rings. The van der Waals surface area contributed by atoms with Crippen molar-refractivity contribution in [1.29, 1.82) is 0 Å². The zero-order valence-corrected chi connectivity index (χ0v) is 14.1. The van der Waals surface area contributed by atoms with Crippen molar-refractivity contribution >= 4 is 34.2 Å². The third-order valence-electron chi connectivity index (χ3n) is 4.39. The third-order valence-corrected chi connectivity index (χ3v) is 6.46. The van der Waals surface area contributed by atoms with Gasteiger partial charge in [0.15, 0.2) is 5.17 Å². The van der Waals surface area contributed by atoms with Crippen molar-refractivity contribution in [1.82, 2.24) is 10.6 Å². The van der Waals surface area contributed by atoms with E-state index in [1.807, 2.05) is 30.3 Å². The van der Waals surface area contributed by atoms with Crippen LogP contribution >= 0.6 is 23.1 Å². The van der Waals surface area contributed by atoms with Crippen LogP contribution < -0.4 is 10.6 Å². The summed E-state index contributed by atoms with van der Waals surface area (Å²) in [6.07, 6.45) is 0. The summed E-state index contributed by atoms with van der Waals surface area (Å²) in [4.78, 5) is 18.6. The van der Waals surface area contributed by atoms with E-state index in [0.717, 1.165) is 24.0 Å². The van der Waals surface area contributed by atoms with E-state index in [1.165, 1.54) is 4.88 Å². The van der Waals surface area contributed by atoms with E-state index in [0.29, 0.717) is 11.5 Å². The number of nitrogens with one attached hydrogen (secondary N) is 2. The monoisotopic (exact) mass is 343 g/mol. The van der Waals surface area contributed by atoms with Gasteiger partial charge < -0.3 is 10.6 Å². The molecule has 2 aliphatic heterocycles. The van der Waals surface area contributed by atoms with Crippen molar-refractivity contribution in [2.24, 2.45) is 10.9 Å². The number of amidine groups is 1. The van der Waals surface area contributed by atoms with Crippen molar-refractivity contribution in [3.63, 3.8) is 0 Å². The fraction of sp³-hybridized carbons (Fsp3) is 0.294. The minimum Gasteiger partial charge on any atom is -0.314 e. The fourth-order valence-corrected chi connectivity index (χ4v) is 5.26. The molecule has 0 unspecified atom stereocenters. The number of carbonyl (C=O) groups is 1. The second-order valence-corrected chi connectivity index (χ2v) is 7.73. The van der Waals surface area contributed by atoms with Gasteiger partial charge in [-0.3, -0.25) is 4.79 Å². The molecule has 1 fully saturated rings. The first-order valence-electron chi connectivity index (χ1n) is 7.62. The minimum absolute atomic E-state index is 0.0948. The molecule has 0 spiro atoms. The number of benzene rings is 1. The lowest BCUT2D eigenvalue weighted by atomic mass is 9.87. The average molecular weight is 343 g/mol. The van der Waals surface area contributed by atoms with Crippen molar-refractivity contribution < 1.29 is 4.79 Å². The summed E-state index contributed by atoms with van der Waals surface area (Å²) < 4.78 is 0. The third kappa shape index (κ3) is 2.71. The molecule has 3 heterocycles. The first-order chi connectivity index (χ1) is 11.3. The molecule has 0 aliphatic carbocycles. The highest BCUT2D eigenvalue weighted by atomic mass is 32.2. The van der Waals surface area contributed by atoms with E-state index in [4.69, 9.17) is 4.99 Å². The minimum atomic E-state index is -0.223. The van der Waals surface area contributed by atoms with Crippen molar-refractivity contribution in [2.75, 3.05) is 18.8 Å². The van der Waals surface area contributed by atoms with Crippen molar-refractivity contribution in [3.8, 4) is 0 Å². The molecular formula is C17H17N3OS2. The molecule has 1 saturated heterocycles. The summed E-state index contributed by atoms with van der Waals surface area (Å²) in [6.45, 7) is 1.82. The number of fused-ring (bicyclic) bond motifs is 1. The Balaban J connectivity index is 1.62. The van der Waals surface area contributed by atoms with Gasteiger partial charge in [0.1, 0.15) is 5.54 Å². The van der Waals surface area contributed by atoms with E-state index in [-0.39, 0.29) is 11.4 Å². The zero-order chi connectivity index (χ0) is 15.7. The Kier molecular flexibility index (Phi) is 3.97. The number of hydrogen-bond acceptors (Lipinski definition) is 5. The lowest BCUT2D eigenvalue weighted by Crippen LogP contribution is -2.41. The molecule has 1 amide bonds. The first-order valence-corrected chi connectivity index (χ1v) is 9.48. The maximum atomic E-state index is 12.4. The Bertz CT molecular complexity index is 730. The van der Waals surface area contributed by atoms with Crippen LogP contribution in [0.5, 0.6) is 0 Å². The van der Waals surface area contributed by atoms with Gasteiger partial charge in [-0.05, 0) is 23.6 Å². The van der Waals surface area contributed by atoms with Gasteiger partial charge in [-0.1, -0.05) is 36.0 Å². The van der Waals surface area contributed by atoms with Crippen LogP contribution in [-0.2, 0) is 5.54 Å². The standard InChI is InChI=1S/C17H17N3OS2/c21-15(12-5-2-1-3-6-12)19-16-20-17(14-7-4-8-22-14)11-18-9-13(17)10-23-16/h1-8,13,18H,9-11H2,(H,19,20,21)/t13-,17-/m0/s1. The zero-order valence-electron chi connectivity index (χ0n) is 12.5. The summed E-state index contributed by atoms with van der Waals surface area (Å²) in [7, 11) is 0. The van der Waals surface area contributed by atoms with Crippen LogP contribution in [-0.4, -0.2) is 29.9 Å². The molecule has 1 aromatic heterocycles. The number of amides is 1. The molecule has 1 aromatic carbocycles. The number of thioether (sulfide) groups is 1. The van der Waals surface area contributed by atoms with Gasteiger partial charge in [0.2, 0.25) is 0 Å². The lowest BCUT2D eigenvalue weighted by Gasteiger charge is -2.34. The van der Waals surface area contributed by atoms with Gasteiger partial charge in [0.25, 0.3) is 5.91 Å². The van der Waals surface area contributed by atoms with Crippen LogP contribution in [0, 0.1) is 5.92 Å². The maximum absolute atomic E-state index is 12.4. The molecule has 0 saturated carbocycles. The number of carbonyl (C=O) groups excluding carboxylic acids is 1. The van der Waals surface area contributed by atoms with Gasteiger partial charge in [-0.25, -0.2) is 4.99 Å². The van der Waals surface area contributed by atoms with E-state index in [2.05, 4.69) is 28.1 Å². The summed E-state index contributed by atoms with van der Waals surface area (Å²) in [5.41, 5.74) is 0.436. The largest absolute Gasteiger partial charge is 0.314 e. The molecule has 4 rings (SSSR count). The van der Waals surface area contributed by atoms with Crippen LogP contribution in [0.3, 0.4) is 0 Å². The molecule has 0 bridgehead atoms. The number of nitrogens with zero attached hydrogens (tertiary/aromatic N) is 1. The van der Waals surface area contributed by atoms with E-state index in [1.54, 1.807) is 23.1 Å². The lowest BCUT2D eigenvalue weighted by molar-refractivity contribution is 0.0977. The molecular weight excluding hydrogens is 326 g/mol. The maximum Gasteiger partial charge on any atom is 0.257 e. The van der Waals surface area contributed by atoms with Gasteiger partial charge in [0, 0.05) is 35.2 Å². The molecule has 4 nitrogen and oxygen atoms in total. The quantitative estimate of drug-likeness (QED) is 0.881. The molecule has 2 aromatic rings. The molecule has 23 heavy (non-hydrogen) atoms. The number of hydrogen-bond donors (Lipinski definition) is 2. The summed E-state index contributed by atoms with van der Waals surface area (Å²) in [5, 5.41) is 9.28. The Hall–Kier alpha value is -1.63. The van der Waals surface area contributed by atoms with Crippen LogP contribution in [0.25, 0.3) is 0 Å². The Morgan fingerprint density at radius 1 is 1.26 bits per heavy atom. The predicted octanol–water partition coefficient (Wildman–Crippen LogP) is 2.70. The highest BCUT2D eigenvalue weighted by Gasteiger charge is 2.47. The fourth-order valence-electron chi connectivity index (χ4n) is 3.16. The second-order valence-electron chi connectivity index (χ2n) is 5.78. The molecule has 0 radical (unpaired) electrons. The predicted molar refractivity (Wildman–Crippen MR) is 96.2 cm³/mol. The summed E-state index contributed by atoms with van der Waals surface area (Å²) >= 11 is 3.39. The normalized spacial score (nSPS) is 26.4. The highest BCUT2D eigenvalue weighted by molar-refractivity contribution is 8.13. The van der Waals surface area contributed by atoms with E-state index < -0.39 is 0 Å². The average Bonchev–Trinajstić information content (AvgIpc) is 3.25. The van der Waals surface area contributed by atoms with Crippen LogP contribution in [0.4, 0.5) is 0 Å². The number of thiophene rings is 1. The van der Waals surface area contributed by atoms with Gasteiger partial charge >= 0.3 is 0 Å². The van der Waals surface area contributed by atoms with E-state index in [9.17, 15) is 4.79 Å². The number of aliphatic imine (C=N–C) groups is 1. The van der Waals surface area contributed by atoms with Gasteiger partial charge in [0.05, 0.1) is 0 Å². The Morgan fingerprint density at radius 3 is 2.91 bits per heavy atom. The van der Waals surface area contributed by atoms with Crippen LogP contribution in [0.1, 0.15) is 15.2 Å². The highest BCUT2D eigenvalue weighted by Crippen LogP contribution is 2.44. The number of rotatable bonds is 2. The Morgan fingerprint density at radius 2 is 2.13 bits per heavy atom.